The molecule has 0 saturated carbocycles. The van der Waals surface area contributed by atoms with Crippen LogP contribution in [0.4, 0.5) is 13.2 Å². The Morgan fingerprint density at radius 3 is 2.71 bits per heavy atom. The summed E-state index contributed by atoms with van der Waals surface area (Å²) in [4.78, 5) is 16.3. The number of aliphatic imine (C=N–C) groups is 1. The molecule has 162 valence electrons. The fraction of sp³-hybridized carbons (Fsp3) is 0.273. The number of fused-ring (bicyclic) bond motifs is 1. The lowest BCUT2D eigenvalue weighted by atomic mass is 9.85. The van der Waals surface area contributed by atoms with E-state index in [0.717, 1.165) is 11.1 Å². The number of para-hydroxylation sites is 1. The number of nitrogens with zero attached hydrogens (tertiary/aromatic N) is 1. The number of hydrogen-bond donors (Lipinski definition) is 1. The minimum Gasteiger partial charge on any atom is -0.493 e. The zero-order valence-electron chi connectivity index (χ0n) is 16.5. The first kappa shape index (κ1) is 20.8. The van der Waals surface area contributed by atoms with Crippen LogP contribution in [0.1, 0.15) is 23.5 Å². The predicted octanol–water partition coefficient (Wildman–Crippen LogP) is 4.11. The summed E-state index contributed by atoms with van der Waals surface area (Å²) in [5, 5.41) is 2.77. The van der Waals surface area contributed by atoms with E-state index in [4.69, 9.17) is 9.47 Å². The third-order valence-corrected chi connectivity index (χ3v) is 5.03. The SMILES string of the molecule is COc1cc(C2CC(=O)NC3=NCC=C32)ccc1OCc1ccccc1OC(F)(F)F. The third-order valence-electron chi connectivity index (χ3n) is 5.03. The van der Waals surface area contributed by atoms with Crippen LogP contribution < -0.4 is 19.5 Å². The summed E-state index contributed by atoms with van der Waals surface area (Å²) in [6.45, 7) is 0.384. The number of nitrogens with one attached hydrogen (secondary N) is 1. The van der Waals surface area contributed by atoms with Gasteiger partial charge >= 0.3 is 6.36 Å². The van der Waals surface area contributed by atoms with Crippen molar-refractivity contribution >= 4 is 11.7 Å². The van der Waals surface area contributed by atoms with E-state index in [1.165, 1.54) is 25.3 Å². The summed E-state index contributed by atoms with van der Waals surface area (Å²) >= 11 is 0. The van der Waals surface area contributed by atoms with E-state index in [0.29, 0.717) is 23.9 Å². The van der Waals surface area contributed by atoms with Crippen LogP contribution in [0.15, 0.2) is 59.1 Å². The number of hydrogen-bond acceptors (Lipinski definition) is 5. The number of methoxy groups -OCH3 is 1. The Balaban J connectivity index is 1.54. The number of carbonyl (C=O) groups is 1. The number of ether oxygens (including phenoxy) is 3. The number of rotatable bonds is 6. The van der Waals surface area contributed by atoms with E-state index in [-0.39, 0.29) is 36.2 Å². The van der Waals surface area contributed by atoms with Crippen molar-refractivity contribution in [3.05, 3.63) is 65.2 Å². The molecule has 6 nitrogen and oxygen atoms in total. The first-order chi connectivity index (χ1) is 14.8. The Morgan fingerprint density at radius 1 is 1.13 bits per heavy atom. The number of piperidine rings is 1. The summed E-state index contributed by atoms with van der Waals surface area (Å²) in [6, 6.07) is 11.1. The molecule has 0 aliphatic carbocycles. The second-order valence-corrected chi connectivity index (χ2v) is 7.01. The molecule has 0 aromatic heterocycles. The van der Waals surface area contributed by atoms with Gasteiger partial charge in [-0.15, -0.1) is 13.2 Å². The summed E-state index contributed by atoms with van der Waals surface area (Å²) < 4.78 is 53.1. The van der Waals surface area contributed by atoms with Crippen molar-refractivity contribution in [3.8, 4) is 17.2 Å². The topological polar surface area (TPSA) is 69.2 Å². The second kappa shape index (κ2) is 8.33. The smallest absolute Gasteiger partial charge is 0.493 e. The van der Waals surface area contributed by atoms with Crippen molar-refractivity contribution in [1.82, 2.24) is 5.32 Å². The molecule has 1 atom stereocenters. The lowest BCUT2D eigenvalue weighted by Gasteiger charge is -2.26. The zero-order chi connectivity index (χ0) is 22.0. The van der Waals surface area contributed by atoms with Crippen molar-refractivity contribution in [3.63, 3.8) is 0 Å². The van der Waals surface area contributed by atoms with Crippen LogP contribution in [-0.2, 0) is 11.4 Å². The normalized spacial score (nSPS) is 17.9. The Kier molecular flexibility index (Phi) is 5.58. The van der Waals surface area contributed by atoms with Gasteiger partial charge in [-0.25, -0.2) is 0 Å². The van der Waals surface area contributed by atoms with E-state index in [2.05, 4.69) is 15.0 Å². The molecule has 31 heavy (non-hydrogen) atoms. The number of amides is 1. The molecule has 2 heterocycles. The fourth-order valence-corrected chi connectivity index (χ4v) is 3.64. The maximum absolute atomic E-state index is 12.6. The average molecular weight is 432 g/mol. The van der Waals surface area contributed by atoms with Gasteiger partial charge in [-0.05, 0) is 23.8 Å². The van der Waals surface area contributed by atoms with Gasteiger partial charge in [0.15, 0.2) is 11.5 Å². The van der Waals surface area contributed by atoms with E-state index in [9.17, 15) is 18.0 Å². The molecule has 1 saturated heterocycles. The number of benzene rings is 2. The summed E-state index contributed by atoms with van der Waals surface area (Å²) in [7, 11) is 1.47. The number of alkyl halides is 3. The quantitative estimate of drug-likeness (QED) is 0.746. The van der Waals surface area contributed by atoms with Gasteiger partial charge in [0, 0.05) is 23.5 Å². The summed E-state index contributed by atoms with van der Waals surface area (Å²) in [6.07, 6.45) is -2.52. The van der Waals surface area contributed by atoms with Crippen LogP contribution in [0.5, 0.6) is 17.2 Å². The van der Waals surface area contributed by atoms with Crippen molar-refractivity contribution in [2.24, 2.45) is 4.99 Å². The number of carbonyl (C=O) groups excluding carboxylic acids is 1. The Bertz CT molecular complexity index is 1060. The maximum Gasteiger partial charge on any atom is 0.573 e. The number of halogens is 3. The molecule has 2 aliphatic rings. The molecule has 9 heteroatoms. The summed E-state index contributed by atoms with van der Waals surface area (Å²) in [5.41, 5.74) is 2.07. The van der Waals surface area contributed by atoms with Crippen LogP contribution in [0.25, 0.3) is 0 Å². The Hall–Kier alpha value is -3.49. The van der Waals surface area contributed by atoms with Gasteiger partial charge in [-0.3, -0.25) is 9.79 Å². The highest BCUT2D eigenvalue weighted by Crippen LogP contribution is 2.38. The standard InChI is InChI=1S/C22H19F3N2O4/c1-29-19-10-13(16-11-20(28)27-21-15(16)8-9-26-21)6-7-18(19)30-12-14-4-2-3-5-17(14)31-22(23,24)25/h2-8,10,16H,9,11-12H2,1H3,(H,26,27,28). The molecular formula is C22H19F3N2O4. The largest absolute Gasteiger partial charge is 0.573 e. The Morgan fingerprint density at radius 2 is 1.94 bits per heavy atom. The zero-order valence-corrected chi connectivity index (χ0v) is 16.5. The van der Waals surface area contributed by atoms with Crippen molar-refractivity contribution < 1.29 is 32.2 Å². The maximum atomic E-state index is 12.6. The van der Waals surface area contributed by atoms with Gasteiger partial charge in [0.2, 0.25) is 5.91 Å². The average Bonchev–Trinajstić information content (AvgIpc) is 3.19. The van der Waals surface area contributed by atoms with Crippen LogP contribution in [0.3, 0.4) is 0 Å². The molecule has 0 bridgehead atoms. The van der Waals surface area contributed by atoms with Crippen molar-refractivity contribution in [2.45, 2.75) is 25.3 Å². The first-order valence-corrected chi connectivity index (χ1v) is 9.53. The first-order valence-electron chi connectivity index (χ1n) is 9.53. The molecule has 0 radical (unpaired) electrons. The van der Waals surface area contributed by atoms with E-state index in [1.54, 1.807) is 18.2 Å². The lowest BCUT2D eigenvalue weighted by molar-refractivity contribution is -0.275. The predicted molar refractivity (Wildman–Crippen MR) is 106 cm³/mol. The molecule has 1 N–H and O–H groups in total. The van der Waals surface area contributed by atoms with Crippen LogP contribution >= 0.6 is 0 Å². The van der Waals surface area contributed by atoms with Gasteiger partial charge in [-0.2, -0.15) is 0 Å². The second-order valence-electron chi connectivity index (χ2n) is 7.01. The van der Waals surface area contributed by atoms with Crippen LogP contribution in [0, 0.1) is 0 Å². The van der Waals surface area contributed by atoms with Gasteiger partial charge in [0.25, 0.3) is 0 Å². The monoisotopic (exact) mass is 432 g/mol. The van der Waals surface area contributed by atoms with Gasteiger partial charge in [0.05, 0.1) is 13.7 Å². The van der Waals surface area contributed by atoms with Crippen molar-refractivity contribution in [1.29, 1.82) is 0 Å². The highest BCUT2D eigenvalue weighted by molar-refractivity contribution is 6.12. The molecule has 2 aromatic rings. The summed E-state index contributed by atoms with van der Waals surface area (Å²) in [5.74, 6) is 0.792. The highest BCUT2D eigenvalue weighted by Gasteiger charge is 2.33. The number of amidine groups is 1. The molecule has 0 spiro atoms. The minimum atomic E-state index is -4.79. The molecule has 1 unspecified atom stereocenters. The van der Waals surface area contributed by atoms with Crippen LogP contribution in [-0.4, -0.2) is 31.8 Å². The minimum absolute atomic E-state index is 0.108. The molecule has 2 aliphatic heterocycles. The van der Waals surface area contributed by atoms with Gasteiger partial charge in [0.1, 0.15) is 18.2 Å². The van der Waals surface area contributed by atoms with Crippen LogP contribution in [0.2, 0.25) is 0 Å². The highest BCUT2D eigenvalue weighted by atomic mass is 19.4. The van der Waals surface area contributed by atoms with Crippen molar-refractivity contribution in [2.75, 3.05) is 13.7 Å². The molecular weight excluding hydrogens is 413 g/mol. The molecule has 1 fully saturated rings. The van der Waals surface area contributed by atoms with E-state index < -0.39 is 6.36 Å². The Labute approximate surface area is 176 Å². The fourth-order valence-electron chi connectivity index (χ4n) is 3.64. The van der Waals surface area contributed by atoms with Gasteiger partial charge < -0.3 is 19.5 Å². The molecule has 2 aromatic carbocycles. The molecule has 4 rings (SSSR count). The molecule has 1 amide bonds. The van der Waals surface area contributed by atoms with Gasteiger partial charge in [-0.1, -0.05) is 30.3 Å². The van der Waals surface area contributed by atoms with E-state index >= 15 is 0 Å². The lowest BCUT2D eigenvalue weighted by Crippen LogP contribution is -2.38. The van der Waals surface area contributed by atoms with E-state index in [1.807, 2.05) is 12.1 Å². The third kappa shape index (κ3) is 4.65.